The predicted octanol–water partition coefficient (Wildman–Crippen LogP) is 2.71. The fourth-order valence-corrected chi connectivity index (χ4v) is 2.87. The molecule has 0 heterocycles. The Balaban J connectivity index is 2.18. The highest BCUT2D eigenvalue weighted by Crippen LogP contribution is 2.23. The molecule has 2 N–H and O–H groups in total. The van der Waals surface area contributed by atoms with Crippen molar-refractivity contribution in [1.82, 2.24) is 4.90 Å². The summed E-state index contributed by atoms with van der Waals surface area (Å²) >= 11 is 0. The number of nitrogens with zero attached hydrogens (tertiary/aromatic N) is 1. The quantitative estimate of drug-likeness (QED) is 0.849. The molecular weight excluding hydrogens is 260 g/mol. The molecule has 1 saturated carbocycles. The SMILES string of the molecule is Cc1ccc(C(=O)N(C)C2CCCCC2)cc1C#CCN. The van der Waals surface area contributed by atoms with Gasteiger partial charge in [0.05, 0.1) is 6.54 Å². The number of benzene rings is 1. The highest BCUT2D eigenvalue weighted by molar-refractivity contribution is 5.94. The van der Waals surface area contributed by atoms with Crippen LogP contribution in [0.25, 0.3) is 0 Å². The average molecular weight is 284 g/mol. The summed E-state index contributed by atoms with van der Waals surface area (Å²) < 4.78 is 0. The van der Waals surface area contributed by atoms with Crippen molar-refractivity contribution in [3.8, 4) is 11.8 Å². The zero-order valence-corrected chi connectivity index (χ0v) is 13.0. The van der Waals surface area contributed by atoms with Crippen molar-refractivity contribution in [2.24, 2.45) is 5.73 Å². The van der Waals surface area contributed by atoms with Crippen LogP contribution >= 0.6 is 0 Å². The van der Waals surface area contributed by atoms with Crippen LogP contribution in [-0.4, -0.2) is 30.4 Å². The van der Waals surface area contributed by atoms with Crippen LogP contribution in [-0.2, 0) is 0 Å². The molecule has 0 atom stereocenters. The molecule has 112 valence electrons. The van der Waals surface area contributed by atoms with E-state index in [1.54, 1.807) is 0 Å². The van der Waals surface area contributed by atoms with Gasteiger partial charge >= 0.3 is 0 Å². The van der Waals surface area contributed by atoms with Crippen molar-refractivity contribution < 1.29 is 4.79 Å². The molecule has 1 fully saturated rings. The maximum absolute atomic E-state index is 12.6. The first-order valence-electron chi connectivity index (χ1n) is 7.70. The first kappa shape index (κ1) is 15.6. The van der Waals surface area contributed by atoms with E-state index in [1.165, 1.54) is 19.3 Å². The Labute approximate surface area is 127 Å². The van der Waals surface area contributed by atoms with Crippen molar-refractivity contribution in [1.29, 1.82) is 0 Å². The molecule has 3 heteroatoms. The number of amides is 1. The fraction of sp³-hybridized carbons (Fsp3) is 0.500. The van der Waals surface area contributed by atoms with Gasteiger partial charge in [0.15, 0.2) is 0 Å². The van der Waals surface area contributed by atoms with E-state index in [-0.39, 0.29) is 5.91 Å². The number of hydrogen-bond donors (Lipinski definition) is 1. The van der Waals surface area contributed by atoms with Crippen molar-refractivity contribution >= 4 is 5.91 Å². The van der Waals surface area contributed by atoms with Crippen LogP contribution in [0, 0.1) is 18.8 Å². The van der Waals surface area contributed by atoms with Gasteiger partial charge in [0.1, 0.15) is 0 Å². The third-order valence-corrected chi connectivity index (χ3v) is 4.25. The van der Waals surface area contributed by atoms with E-state index in [0.29, 0.717) is 12.6 Å². The Morgan fingerprint density at radius 1 is 1.33 bits per heavy atom. The van der Waals surface area contributed by atoms with Crippen molar-refractivity contribution in [2.45, 2.75) is 45.1 Å². The summed E-state index contributed by atoms with van der Waals surface area (Å²) in [6.07, 6.45) is 5.98. The summed E-state index contributed by atoms with van der Waals surface area (Å²) in [4.78, 5) is 14.5. The van der Waals surface area contributed by atoms with Crippen LogP contribution in [0.5, 0.6) is 0 Å². The van der Waals surface area contributed by atoms with Gasteiger partial charge in [0.2, 0.25) is 0 Å². The van der Waals surface area contributed by atoms with Crippen molar-refractivity contribution in [2.75, 3.05) is 13.6 Å². The summed E-state index contributed by atoms with van der Waals surface area (Å²) in [5, 5.41) is 0. The number of aryl methyl sites for hydroxylation is 1. The lowest BCUT2D eigenvalue weighted by Crippen LogP contribution is -2.38. The molecule has 1 aromatic carbocycles. The minimum Gasteiger partial charge on any atom is -0.339 e. The lowest BCUT2D eigenvalue weighted by atomic mass is 9.94. The number of nitrogens with two attached hydrogens (primary N) is 1. The van der Waals surface area contributed by atoms with E-state index in [9.17, 15) is 4.79 Å². The number of hydrogen-bond acceptors (Lipinski definition) is 2. The van der Waals surface area contributed by atoms with Crippen LogP contribution in [0.4, 0.5) is 0 Å². The van der Waals surface area contributed by atoms with Crippen LogP contribution < -0.4 is 5.73 Å². The molecule has 2 rings (SSSR count). The molecular formula is C18H24N2O. The molecule has 0 radical (unpaired) electrons. The molecule has 0 bridgehead atoms. The molecule has 0 saturated heterocycles. The van der Waals surface area contributed by atoms with Gasteiger partial charge in [-0.1, -0.05) is 37.2 Å². The molecule has 1 amide bonds. The highest BCUT2D eigenvalue weighted by Gasteiger charge is 2.23. The molecule has 1 aliphatic carbocycles. The van der Waals surface area contributed by atoms with E-state index in [1.807, 2.05) is 37.1 Å². The summed E-state index contributed by atoms with van der Waals surface area (Å²) in [5.74, 6) is 5.99. The third-order valence-electron chi connectivity index (χ3n) is 4.25. The molecule has 1 aromatic rings. The maximum atomic E-state index is 12.6. The summed E-state index contributed by atoms with van der Waals surface area (Å²) in [6.45, 7) is 2.33. The Kier molecular flexibility index (Phi) is 5.41. The third kappa shape index (κ3) is 3.86. The lowest BCUT2D eigenvalue weighted by molar-refractivity contribution is 0.0696. The Morgan fingerprint density at radius 3 is 2.71 bits per heavy atom. The fourth-order valence-electron chi connectivity index (χ4n) is 2.87. The molecule has 0 spiro atoms. The average Bonchev–Trinajstić information content (AvgIpc) is 2.53. The predicted molar refractivity (Wildman–Crippen MR) is 86.1 cm³/mol. The van der Waals surface area contributed by atoms with Crippen LogP contribution in [0.2, 0.25) is 0 Å². The second-order valence-electron chi connectivity index (χ2n) is 5.74. The monoisotopic (exact) mass is 284 g/mol. The first-order chi connectivity index (χ1) is 10.1. The molecule has 0 unspecified atom stereocenters. The van der Waals surface area contributed by atoms with Crippen LogP contribution in [0.15, 0.2) is 18.2 Å². The second kappa shape index (κ2) is 7.28. The maximum Gasteiger partial charge on any atom is 0.253 e. The Hall–Kier alpha value is -1.79. The molecule has 3 nitrogen and oxygen atoms in total. The summed E-state index contributed by atoms with van der Waals surface area (Å²) in [7, 11) is 1.92. The van der Waals surface area contributed by atoms with Gasteiger partial charge in [-0.2, -0.15) is 0 Å². The van der Waals surface area contributed by atoms with Gasteiger partial charge in [-0.25, -0.2) is 0 Å². The highest BCUT2D eigenvalue weighted by atomic mass is 16.2. The first-order valence-corrected chi connectivity index (χ1v) is 7.70. The number of rotatable bonds is 2. The van der Waals surface area contributed by atoms with Crippen molar-refractivity contribution in [3.05, 3.63) is 34.9 Å². The van der Waals surface area contributed by atoms with Gasteiger partial charge in [-0.3, -0.25) is 4.79 Å². The lowest BCUT2D eigenvalue weighted by Gasteiger charge is -2.31. The second-order valence-corrected chi connectivity index (χ2v) is 5.74. The van der Waals surface area contributed by atoms with E-state index < -0.39 is 0 Å². The van der Waals surface area contributed by atoms with Gasteiger partial charge in [0.25, 0.3) is 5.91 Å². The van der Waals surface area contributed by atoms with Crippen molar-refractivity contribution in [3.63, 3.8) is 0 Å². The smallest absolute Gasteiger partial charge is 0.253 e. The largest absolute Gasteiger partial charge is 0.339 e. The number of carbonyl (C=O) groups excluding carboxylic acids is 1. The zero-order chi connectivity index (χ0) is 15.2. The van der Waals surface area contributed by atoms with E-state index in [2.05, 4.69) is 11.8 Å². The van der Waals surface area contributed by atoms with Gasteiger partial charge in [0, 0.05) is 24.2 Å². The minimum atomic E-state index is 0.0951. The zero-order valence-electron chi connectivity index (χ0n) is 13.0. The minimum absolute atomic E-state index is 0.0951. The van der Waals surface area contributed by atoms with Gasteiger partial charge < -0.3 is 10.6 Å². The number of carbonyl (C=O) groups is 1. The van der Waals surface area contributed by atoms with E-state index in [4.69, 9.17) is 5.73 Å². The summed E-state index contributed by atoms with van der Waals surface area (Å²) in [6, 6.07) is 6.12. The topological polar surface area (TPSA) is 46.3 Å². The molecule has 1 aliphatic rings. The standard InChI is InChI=1S/C18H24N2O/c1-14-10-11-16(13-15(14)7-6-12-19)18(21)20(2)17-8-4-3-5-9-17/h10-11,13,17H,3-5,8-9,12,19H2,1-2H3. The van der Waals surface area contributed by atoms with Crippen LogP contribution in [0.1, 0.15) is 53.6 Å². The molecule has 0 aromatic heterocycles. The van der Waals surface area contributed by atoms with E-state index >= 15 is 0 Å². The van der Waals surface area contributed by atoms with Gasteiger partial charge in [-0.15, -0.1) is 0 Å². The molecule has 0 aliphatic heterocycles. The van der Waals surface area contributed by atoms with Crippen LogP contribution in [0.3, 0.4) is 0 Å². The Bertz CT molecular complexity index is 562. The van der Waals surface area contributed by atoms with E-state index in [0.717, 1.165) is 29.5 Å². The Morgan fingerprint density at radius 2 is 2.05 bits per heavy atom. The van der Waals surface area contributed by atoms with Gasteiger partial charge in [-0.05, 0) is 37.5 Å². The summed E-state index contributed by atoms with van der Waals surface area (Å²) in [5.41, 5.74) is 8.11. The normalized spacial score (nSPS) is 15.2. The molecule has 21 heavy (non-hydrogen) atoms.